The monoisotopic (exact) mass is 207 g/mol. The zero-order valence-corrected chi connectivity index (χ0v) is 9.36. The van der Waals surface area contributed by atoms with E-state index in [1.54, 1.807) is 7.05 Å². The van der Waals surface area contributed by atoms with E-state index < -0.39 is 0 Å². The van der Waals surface area contributed by atoms with Gasteiger partial charge in [0.1, 0.15) is 6.04 Å². The molecule has 3 N–H and O–H groups in total. The molecule has 0 unspecified atom stereocenters. The molecule has 1 aromatic rings. The standard InChI is InChI=1S/C12H18N2O/c1-10(11-6-4-3-5-7-11)14-9-8-12(15)13-2/h3-7,10,14H,8-9H2,1-2H3,(H,13,15)/p+1/t10-/m0/s1. The molecule has 15 heavy (non-hydrogen) atoms. The molecule has 3 nitrogen and oxygen atoms in total. The zero-order chi connectivity index (χ0) is 11.1. The maximum atomic E-state index is 11.0. The van der Waals surface area contributed by atoms with Gasteiger partial charge in [-0.05, 0) is 6.92 Å². The third kappa shape index (κ3) is 4.13. The first-order valence-electron chi connectivity index (χ1n) is 5.33. The van der Waals surface area contributed by atoms with E-state index in [4.69, 9.17) is 0 Å². The van der Waals surface area contributed by atoms with E-state index in [1.165, 1.54) is 5.56 Å². The summed E-state index contributed by atoms with van der Waals surface area (Å²) in [5.41, 5.74) is 1.30. The highest BCUT2D eigenvalue weighted by molar-refractivity contribution is 5.75. The van der Waals surface area contributed by atoms with Crippen LogP contribution >= 0.6 is 0 Å². The molecule has 1 rings (SSSR count). The van der Waals surface area contributed by atoms with E-state index in [-0.39, 0.29) is 5.91 Å². The fourth-order valence-corrected chi connectivity index (χ4v) is 1.48. The summed E-state index contributed by atoms with van der Waals surface area (Å²) in [5, 5.41) is 4.80. The average Bonchev–Trinajstić information content (AvgIpc) is 2.29. The highest BCUT2D eigenvalue weighted by Crippen LogP contribution is 2.05. The lowest BCUT2D eigenvalue weighted by atomic mass is 10.1. The van der Waals surface area contributed by atoms with Crippen molar-refractivity contribution in [2.75, 3.05) is 13.6 Å². The van der Waals surface area contributed by atoms with Crippen LogP contribution in [0.15, 0.2) is 30.3 Å². The van der Waals surface area contributed by atoms with Crippen molar-refractivity contribution < 1.29 is 10.1 Å². The second kappa shape index (κ2) is 6.19. The van der Waals surface area contributed by atoms with Crippen LogP contribution in [0.1, 0.15) is 24.9 Å². The molecule has 0 aliphatic rings. The van der Waals surface area contributed by atoms with Gasteiger partial charge in [0.25, 0.3) is 0 Å². The average molecular weight is 207 g/mol. The van der Waals surface area contributed by atoms with Gasteiger partial charge in [-0.3, -0.25) is 4.79 Å². The van der Waals surface area contributed by atoms with Gasteiger partial charge in [0.2, 0.25) is 5.91 Å². The Bertz CT molecular complexity index is 298. The Kier molecular flexibility index (Phi) is 4.84. The van der Waals surface area contributed by atoms with E-state index in [1.807, 2.05) is 18.2 Å². The van der Waals surface area contributed by atoms with Crippen molar-refractivity contribution in [3.8, 4) is 0 Å². The Morgan fingerprint density at radius 1 is 1.40 bits per heavy atom. The molecule has 0 fully saturated rings. The molecule has 0 aliphatic carbocycles. The number of rotatable bonds is 5. The Labute approximate surface area is 90.9 Å². The summed E-state index contributed by atoms with van der Waals surface area (Å²) in [6, 6.07) is 10.7. The number of hydrogen-bond acceptors (Lipinski definition) is 1. The second-order valence-corrected chi connectivity index (χ2v) is 3.65. The maximum absolute atomic E-state index is 11.0. The van der Waals surface area contributed by atoms with Crippen molar-refractivity contribution in [1.82, 2.24) is 5.32 Å². The fraction of sp³-hybridized carbons (Fsp3) is 0.417. The molecule has 1 amide bonds. The SMILES string of the molecule is CNC(=O)CC[NH2+][C@@H](C)c1ccccc1. The Hall–Kier alpha value is -1.35. The van der Waals surface area contributed by atoms with Gasteiger partial charge in [-0.15, -0.1) is 0 Å². The largest absolute Gasteiger partial charge is 0.359 e. The number of amides is 1. The molecule has 1 atom stereocenters. The maximum Gasteiger partial charge on any atom is 0.225 e. The molecule has 0 bridgehead atoms. The van der Waals surface area contributed by atoms with Crippen LogP contribution in [0.2, 0.25) is 0 Å². The predicted octanol–water partition coefficient (Wildman–Crippen LogP) is 0.447. The molecule has 1 aromatic carbocycles. The van der Waals surface area contributed by atoms with Crippen molar-refractivity contribution in [1.29, 1.82) is 0 Å². The minimum absolute atomic E-state index is 0.103. The highest BCUT2D eigenvalue weighted by atomic mass is 16.1. The smallest absolute Gasteiger partial charge is 0.225 e. The minimum atomic E-state index is 0.103. The highest BCUT2D eigenvalue weighted by Gasteiger charge is 2.07. The second-order valence-electron chi connectivity index (χ2n) is 3.65. The number of quaternary nitrogens is 1. The van der Waals surface area contributed by atoms with Crippen LogP contribution in [-0.2, 0) is 4.79 Å². The number of carbonyl (C=O) groups excluding carboxylic acids is 1. The number of benzene rings is 1. The van der Waals surface area contributed by atoms with Crippen LogP contribution in [0.4, 0.5) is 0 Å². The quantitative estimate of drug-likeness (QED) is 0.723. The van der Waals surface area contributed by atoms with Crippen LogP contribution < -0.4 is 10.6 Å². The normalized spacial score (nSPS) is 12.1. The molecule has 0 heterocycles. The lowest BCUT2D eigenvalue weighted by Crippen LogP contribution is -2.85. The number of carbonyl (C=O) groups is 1. The van der Waals surface area contributed by atoms with Crippen molar-refractivity contribution in [2.24, 2.45) is 0 Å². The summed E-state index contributed by atoms with van der Waals surface area (Å²) in [5.74, 6) is 0.103. The van der Waals surface area contributed by atoms with Gasteiger partial charge >= 0.3 is 0 Å². The van der Waals surface area contributed by atoms with E-state index >= 15 is 0 Å². The van der Waals surface area contributed by atoms with Crippen LogP contribution in [0.5, 0.6) is 0 Å². The van der Waals surface area contributed by atoms with Gasteiger partial charge in [-0.25, -0.2) is 0 Å². The molecular weight excluding hydrogens is 188 g/mol. The first-order chi connectivity index (χ1) is 7.24. The number of nitrogens with one attached hydrogen (secondary N) is 1. The van der Waals surface area contributed by atoms with Crippen molar-refractivity contribution in [3.63, 3.8) is 0 Å². The van der Waals surface area contributed by atoms with Gasteiger partial charge in [0, 0.05) is 12.6 Å². The molecule has 82 valence electrons. The number of hydrogen-bond donors (Lipinski definition) is 2. The lowest BCUT2D eigenvalue weighted by Gasteiger charge is -2.10. The van der Waals surface area contributed by atoms with Crippen LogP contribution in [0, 0.1) is 0 Å². The Balaban J connectivity index is 2.31. The molecule has 0 spiro atoms. The third-order valence-corrected chi connectivity index (χ3v) is 2.50. The molecule has 0 aromatic heterocycles. The summed E-state index contributed by atoms with van der Waals surface area (Å²) in [4.78, 5) is 11.0. The van der Waals surface area contributed by atoms with Crippen molar-refractivity contribution in [3.05, 3.63) is 35.9 Å². The first kappa shape index (κ1) is 11.7. The van der Waals surface area contributed by atoms with Gasteiger partial charge < -0.3 is 10.6 Å². The molecule has 0 saturated heterocycles. The van der Waals surface area contributed by atoms with E-state index in [0.29, 0.717) is 12.5 Å². The van der Waals surface area contributed by atoms with Crippen molar-refractivity contribution >= 4 is 5.91 Å². The lowest BCUT2D eigenvalue weighted by molar-refractivity contribution is -0.691. The summed E-state index contributed by atoms with van der Waals surface area (Å²) in [6.07, 6.45) is 0.577. The van der Waals surface area contributed by atoms with Crippen LogP contribution in [-0.4, -0.2) is 19.5 Å². The fourth-order valence-electron chi connectivity index (χ4n) is 1.48. The van der Waals surface area contributed by atoms with E-state index in [0.717, 1.165) is 6.54 Å². The molecule has 0 saturated carbocycles. The first-order valence-corrected chi connectivity index (χ1v) is 5.33. The van der Waals surface area contributed by atoms with Gasteiger partial charge in [0.05, 0.1) is 13.0 Å². The topological polar surface area (TPSA) is 45.7 Å². The minimum Gasteiger partial charge on any atom is -0.359 e. The summed E-state index contributed by atoms with van der Waals surface area (Å²) < 4.78 is 0. The van der Waals surface area contributed by atoms with E-state index in [9.17, 15) is 4.79 Å². The van der Waals surface area contributed by atoms with Crippen molar-refractivity contribution in [2.45, 2.75) is 19.4 Å². The summed E-state index contributed by atoms with van der Waals surface area (Å²) >= 11 is 0. The number of nitrogens with two attached hydrogens (primary N) is 1. The summed E-state index contributed by atoms with van der Waals surface area (Å²) in [7, 11) is 1.67. The molecular formula is C12H19N2O+. The Morgan fingerprint density at radius 2 is 2.07 bits per heavy atom. The third-order valence-electron chi connectivity index (χ3n) is 2.50. The molecule has 0 aliphatic heterocycles. The van der Waals surface area contributed by atoms with Gasteiger partial charge in [-0.2, -0.15) is 0 Å². The predicted molar refractivity (Wildman–Crippen MR) is 60.3 cm³/mol. The van der Waals surface area contributed by atoms with Crippen LogP contribution in [0.3, 0.4) is 0 Å². The molecule has 3 heteroatoms. The van der Waals surface area contributed by atoms with E-state index in [2.05, 4.69) is 29.7 Å². The Morgan fingerprint density at radius 3 is 2.67 bits per heavy atom. The van der Waals surface area contributed by atoms with Gasteiger partial charge in [0.15, 0.2) is 0 Å². The molecule has 0 radical (unpaired) electrons. The zero-order valence-electron chi connectivity index (χ0n) is 9.36. The van der Waals surface area contributed by atoms with Gasteiger partial charge in [-0.1, -0.05) is 30.3 Å². The van der Waals surface area contributed by atoms with Crippen LogP contribution in [0.25, 0.3) is 0 Å². The summed E-state index contributed by atoms with van der Waals surface area (Å²) in [6.45, 7) is 2.98.